The van der Waals surface area contributed by atoms with Crippen molar-refractivity contribution in [1.29, 1.82) is 0 Å². The molecule has 0 heterocycles. The minimum atomic E-state index is 0.0144. The van der Waals surface area contributed by atoms with E-state index in [2.05, 4.69) is 0 Å². The Morgan fingerprint density at radius 3 is 2.50 bits per heavy atom. The molecule has 0 radical (unpaired) electrons. The summed E-state index contributed by atoms with van der Waals surface area (Å²) in [5, 5.41) is 9.41. The highest BCUT2D eigenvalue weighted by molar-refractivity contribution is 5.94. The van der Waals surface area contributed by atoms with Crippen LogP contribution in [0.3, 0.4) is 0 Å². The molecule has 88 valence electrons. The van der Waals surface area contributed by atoms with Gasteiger partial charge < -0.3 is 10.0 Å². The SMILES string of the molecule is CCN(C(=O)c1ccc(O)c(C)c1)C(C)C. The van der Waals surface area contributed by atoms with E-state index in [-0.39, 0.29) is 17.7 Å². The number of hydrogen-bond acceptors (Lipinski definition) is 2. The van der Waals surface area contributed by atoms with Crippen LogP contribution in [-0.2, 0) is 0 Å². The average Bonchev–Trinajstić information content (AvgIpc) is 2.22. The predicted octanol–water partition coefficient (Wildman–Crippen LogP) is 2.57. The minimum absolute atomic E-state index is 0.0144. The first-order chi connectivity index (χ1) is 7.47. The van der Waals surface area contributed by atoms with E-state index in [1.807, 2.05) is 20.8 Å². The highest BCUT2D eigenvalue weighted by Crippen LogP contribution is 2.18. The molecule has 0 atom stereocenters. The van der Waals surface area contributed by atoms with Gasteiger partial charge in [-0.2, -0.15) is 0 Å². The largest absolute Gasteiger partial charge is 0.508 e. The maximum absolute atomic E-state index is 12.1. The van der Waals surface area contributed by atoms with Gasteiger partial charge in [-0.15, -0.1) is 0 Å². The molecule has 3 nitrogen and oxygen atoms in total. The Hall–Kier alpha value is -1.51. The number of carbonyl (C=O) groups excluding carboxylic acids is 1. The second kappa shape index (κ2) is 5.01. The topological polar surface area (TPSA) is 40.5 Å². The summed E-state index contributed by atoms with van der Waals surface area (Å²) in [5.41, 5.74) is 1.36. The molecule has 1 N–H and O–H groups in total. The zero-order valence-corrected chi connectivity index (χ0v) is 10.3. The van der Waals surface area contributed by atoms with Crippen LogP contribution in [-0.4, -0.2) is 28.5 Å². The van der Waals surface area contributed by atoms with Crippen molar-refractivity contribution in [2.24, 2.45) is 0 Å². The van der Waals surface area contributed by atoms with Crippen LogP contribution in [0.15, 0.2) is 18.2 Å². The molecule has 0 aliphatic heterocycles. The summed E-state index contributed by atoms with van der Waals surface area (Å²) >= 11 is 0. The van der Waals surface area contributed by atoms with Gasteiger partial charge in [-0.3, -0.25) is 4.79 Å². The van der Waals surface area contributed by atoms with Crippen LogP contribution in [0.4, 0.5) is 0 Å². The normalized spacial score (nSPS) is 10.6. The summed E-state index contributed by atoms with van der Waals surface area (Å²) in [5.74, 6) is 0.241. The third-order valence-electron chi connectivity index (χ3n) is 2.67. The van der Waals surface area contributed by atoms with Gasteiger partial charge in [0.05, 0.1) is 0 Å². The van der Waals surface area contributed by atoms with Crippen LogP contribution < -0.4 is 0 Å². The number of hydrogen-bond donors (Lipinski definition) is 1. The Kier molecular flexibility index (Phi) is 3.93. The van der Waals surface area contributed by atoms with Gasteiger partial charge in [-0.1, -0.05) is 0 Å². The molecule has 3 heteroatoms. The average molecular weight is 221 g/mol. The lowest BCUT2D eigenvalue weighted by Crippen LogP contribution is -2.36. The number of carbonyl (C=O) groups is 1. The molecule has 1 rings (SSSR count). The number of phenols is 1. The number of amides is 1. The van der Waals surface area contributed by atoms with Crippen molar-refractivity contribution in [2.45, 2.75) is 33.7 Å². The van der Waals surface area contributed by atoms with Crippen molar-refractivity contribution < 1.29 is 9.90 Å². The van der Waals surface area contributed by atoms with Gasteiger partial charge in [-0.05, 0) is 51.5 Å². The van der Waals surface area contributed by atoms with Crippen LogP contribution in [0.25, 0.3) is 0 Å². The number of phenolic OH excluding ortho intramolecular Hbond substituents is 1. The first kappa shape index (κ1) is 12.6. The van der Waals surface area contributed by atoms with Crippen LogP contribution in [0.2, 0.25) is 0 Å². The Morgan fingerprint density at radius 2 is 2.06 bits per heavy atom. The van der Waals surface area contributed by atoms with Gasteiger partial charge in [0, 0.05) is 18.2 Å². The third kappa shape index (κ3) is 2.54. The third-order valence-corrected chi connectivity index (χ3v) is 2.67. The van der Waals surface area contributed by atoms with Gasteiger partial charge in [0.2, 0.25) is 0 Å². The van der Waals surface area contributed by atoms with Crippen molar-refractivity contribution in [1.82, 2.24) is 4.90 Å². The molecule has 0 fully saturated rings. The fourth-order valence-electron chi connectivity index (χ4n) is 1.70. The van der Waals surface area contributed by atoms with E-state index < -0.39 is 0 Å². The lowest BCUT2D eigenvalue weighted by molar-refractivity contribution is 0.0717. The molecule has 0 aliphatic rings. The van der Waals surface area contributed by atoms with Crippen LogP contribution >= 0.6 is 0 Å². The molecular formula is C13H19NO2. The van der Waals surface area contributed by atoms with Crippen molar-refractivity contribution in [3.05, 3.63) is 29.3 Å². The zero-order chi connectivity index (χ0) is 12.3. The van der Waals surface area contributed by atoms with Crippen LogP contribution in [0.1, 0.15) is 36.7 Å². The van der Waals surface area contributed by atoms with E-state index in [0.717, 1.165) is 5.56 Å². The number of benzene rings is 1. The van der Waals surface area contributed by atoms with Crippen molar-refractivity contribution in [3.8, 4) is 5.75 Å². The lowest BCUT2D eigenvalue weighted by atomic mass is 10.1. The van der Waals surface area contributed by atoms with Gasteiger partial charge in [0.15, 0.2) is 0 Å². The summed E-state index contributed by atoms with van der Waals surface area (Å²) < 4.78 is 0. The predicted molar refractivity (Wildman–Crippen MR) is 64.7 cm³/mol. The summed E-state index contributed by atoms with van der Waals surface area (Å²) in [6.45, 7) is 8.43. The highest BCUT2D eigenvalue weighted by atomic mass is 16.3. The second-order valence-electron chi connectivity index (χ2n) is 4.19. The minimum Gasteiger partial charge on any atom is -0.508 e. The van der Waals surface area contributed by atoms with E-state index >= 15 is 0 Å². The van der Waals surface area contributed by atoms with E-state index in [1.165, 1.54) is 0 Å². The molecule has 0 aromatic heterocycles. The van der Waals surface area contributed by atoms with Gasteiger partial charge >= 0.3 is 0 Å². The first-order valence-electron chi connectivity index (χ1n) is 5.58. The standard InChI is InChI=1S/C13H19NO2/c1-5-14(9(2)3)13(16)11-6-7-12(15)10(4)8-11/h6-9,15H,5H2,1-4H3. The van der Waals surface area contributed by atoms with Crippen LogP contribution in [0, 0.1) is 6.92 Å². The smallest absolute Gasteiger partial charge is 0.254 e. The van der Waals surface area contributed by atoms with Gasteiger partial charge in [0.25, 0.3) is 5.91 Å². The van der Waals surface area contributed by atoms with E-state index in [4.69, 9.17) is 0 Å². The fraction of sp³-hybridized carbons (Fsp3) is 0.462. The van der Waals surface area contributed by atoms with Crippen molar-refractivity contribution >= 4 is 5.91 Å². The van der Waals surface area contributed by atoms with Crippen molar-refractivity contribution in [3.63, 3.8) is 0 Å². The molecule has 0 saturated carbocycles. The molecular weight excluding hydrogens is 202 g/mol. The monoisotopic (exact) mass is 221 g/mol. The maximum atomic E-state index is 12.1. The molecule has 16 heavy (non-hydrogen) atoms. The van der Waals surface area contributed by atoms with Crippen LogP contribution in [0.5, 0.6) is 5.75 Å². The number of nitrogens with zero attached hydrogens (tertiary/aromatic N) is 1. The second-order valence-corrected chi connectivity index (χ2v) is 4.19. The Balaban J connectivity index is 2.99. The Morgan fingerprint density at radius 1 is 1.44 bits per heavy atom. The molecule has 0 aliphatic carbocycles. The first-order valence-corrected chi connectivity index (χ1v) is 5.58. The van der Waals surface area contributed by atoms with Gasteiger partial charge in [-0.25, -0.2) is 0 Å². The molecule has 1 aromatic rings. The van der Waals surface area contributed by atoms with E-state index in [0.29, 0.717) is 12.1 Å². The molecule has 0 spiro atoms. The summed E-state index contributed by atoms with van der Waals surface area (Å²) in [6, 6.07) is 5.14. The highest BCUT2D eigenvalue weighted by Gasteiger charge is 2.17. The number of rotatable bonds is 3. The maximum Gasteiger partial charge on any atom is 0.254 e. The zero-order valence-electron chi connectivity index (χ0n) is 10.3. The molecule has 0 bridgehead atoms. The van der Waals surface area contributed by atoms with E-state index in [1.54, 1.807) is 30.0 Å². The van der Waals surface area contributed by atoms with Gasteiger partial charge in [0.1, 0.15) is 5.75 Å². The molecule has 1 amide bonds. The fourth-order valence-corrected chi connectivity index (χ4v) is 1.70. The molecule has 0 unspecified atom stereocenters. The molecule has 1 aromatic carbocycles. The van der Waals surface area contributed by atoms with E-state index in [9.17, 15) is 9.90 Å². The Bertz CT molecular complexity index is 386. The summed E-state index contributed by atoms with van der Waals surface area (Å²) in [4.78, 5) is 13.9. The summed E-state index contributed by atoms with van der Waals surface area (Å²) in [7, 11) is 0. The lowest BCUT2D eigenvalue weighted by Gasteiger charge is -2.25. The number of aromatic hydroxyl groups is 1. The summed E-state index contributed by atoms with van der Waals surface area (Å²) in [6.07, 6.45) is 0. The number of aryl methyl sites for hydroxylation is 1. The quantitative estimate of drug-likeness (QED) is 0.852. The Labute approximate surface area is 96.7 Å². The van der Waals surface area contributed by atoms with Crippen molar-refractivity contribution in [2.75, 3.05) is 6.54 Å². The molecule has 0 saturated heterocycles.